The van der Waals surface area contributed by atoms with Crippen LogP contribution >= 0.6 is 0 Å². The molecule has 0 saturated carbocycles. The van der Waals surface area contributed by atoms with E-state index >= 15 is 0 Å². The van der Waals surface area contributed by atoms with E-state index in [1.54, 1.807) is 36.7 Å². The molecule has 4 fully saturated rings. The predicted molar refractivity (Wildman–Crippen MR) is 270 cm³/mol. The lowest BCUT2D eigenvalue weighted by Crippen LogP contribution is -2.52. The van der Waals surface area contributed by atoms with Gasteiger partial charge in [0.25, 0.3) is 17.0 Å². The Morgan fingerprint density at radius 2 is 1.50 bits per heavy atom. The molecule has 1 atom stereocenters. The number of anilines is 1. The zero-order valence-electron chi connectivity index (χ0n) is 40.5. The minimum Gasteiger partial charge on any atom is -0.490 e. The smallest absolute Gasteiger partial charge is 0.275 e. The van der Waals surface area contributed by atoms with Gasteiger partial charge in [-0.15, -0.1) is 0 Å². The second kappa shape index (κ2) is 21.4. The van der Waals surface area contributed by atoms with Crippen LogP contribution < -0.4 is 26.1 Å². The topological polar surface area (TPSA) is 205 Å². The van der Waals surface area contributed by atoms with Crippen molar-refractivity contribution in [3.05, 3.63) is 129 Å². The number of piperidine rings is 3. The van der Waals surface area contributed by atoms with Gasteiger partial charge in [-0.25, -0.2) is 19.3 Å². The Morgan fingerprint density at radius 3 is 2.26 bits per heavy atom. The number of nitriles is 1. The average Bonchev–Trinajstić information content (AvgIpc) is 3.41. The van der Waals surface area contributed by atoms with E-state index in [-0.39, 0.29) is 42.3 Å². The van der Waals surface area contributed by atoms with Crippen molar-refractivity contribution in [3.8, 4) is 34.5 Å². The van der Waals surface area contributed by atoms with Crippen molar-refractivity contribution in [2.45, 2.75) is 58.0 Å². The maximum Gasteiger partial charge on any atom is 0.275 e. The molecule has 370 valence electrons. The van der Waals surface area contributed by atoms with Crippen molar-refractivity contribution < 1.29 is 19.1 Å². The molecule has 1 N–H and O–H groups in total. The number of amides is 3. The number of ether oxygens (including phenoxy) is 1. The van der Waals surface area contributed by atoms with Crippen molar-refractivity contribution >= 4 is 34.2 Å². The summed E-state index contributed by atoms with van der Waals surface area (Å²) >= 11 is 0. The third-order valence-electron chi connectivity index (χ3n) is 14.7. The molecule has 0 radical (unpaired) electrons. The summed E-state index contributed by atoms with van der Waals surface area (Å²) in [5.74, 6) is 1.40. The Balaban J connectivity index is 0.632. The second-order valence-corrected chi connectivity index (χ2v) is 19.5. The Hall–Kier alpha value is -7.62. The number of carbonyl (C=O) groups is 3. The minimum atomic E-state index is -0.800. The molecule has 10 rings (SSSR count). The molecule has 1 unspecified atom stereocenters. The molecule has 7 heterocycles. The van der Waals surface area contributed by atoms with Crippen LogP contribution in [-0.2, 0) is 20.9 Å². The third kappa shape index (κ3) is 11.0. The monoisotopic (exact) mass is 970 g/mol. The number of imide groups is 1. The number of hydrogen-bond acceptors (Lipinski definition) is 14. The molecule has 0 aliphatic carbocycles. The summed E-state index contributed by atoms with van der Waals surface area (Å²) in [7, 11) is 0. The van der Waals surface area contributed by atoms with Gasteiger partial charge in [0, 0.05) is 93.6 Å². The molecule has 18 nitrogen and oxygen atoms in total. The normalized spacial score (nSPS) is 18.5. The fourth-order valence-electron chi connectivity index (χ4n) is 10.4. The van der Waals surface area contributed by atoms with Crippen molar-refractivity contribution in [1.29, 1.82) is 5.26 Å². The Morgan fingerprint density at radius 1 is 0.764 bits per heavy atom. The van der Waals surface area contributed by atoms with Crippen LogP contribution in [0, 0.1) is 30.1 Å². The van der Waals surface area contributed by atoms with Gasteiger partial charge in [0.1, 0.15) is 6.04 Å². The third-order valence-corrected chi connectivity index (χ3v) is 14.7. The number of nitrogens with one attached hydrogen (secondary N) is 1. The highest BCUT2D eigenvalue weighted by Crippen LogP contribution is 2.29. The van der Waals surface area contributed by atoms with Gasteiger partial charge < -0.3 is 19.4 Å². The van der Waals surface area contributed by atoms with E-state index in [4.69, 9.17) is 4.74 Å². The van der Waals surface area contributed by atoms with E-state index in [1.807, 2.05) is 54.3 Å². The van der Waals surface area contributed by atoms with Crippen LogP contribution in [0.25, 0.3) is 33.4 Å². The van der Waals surface area contributed by atoms with Crippen LogP contribution in [0.5, 0.6) is 5.75 Å². The molecule has 4 aliphatic heterocycles. The van der Waals surface area contributed by atoms with Gasteiger partial charge in [0.2, 0.25) is 11.8 Å². The van der Waals surface area contributed by atoms with E-state index in [0.29, 0.717) is 72.0 Å². The molecular weight excluding hydrogens is 913 g/mol. The Bertz CT molecular complexity index is 3140. The van der Waals surface area contributed by atoms with Crippen molar-refractivity contribution in [3.63, 3.8) is 0 Å². The number of hydrogen-bond donors (Lipinski definition) is 1. The summed E-state index contributed by atoms with van der Waals surface area (Å²) in [5, 5.41) is 22.0. The van der Waals surface area contributed by atoms with Gasteiger partial charge >= 0.3 is 0 Å². The summed E-state index contributed by atoms with van der Waals surface area (Å²) in [6.07, 6.45) is 7.65. The van der Waals surface area contributed by atoms with Crippen LogP contribution in [0.1, 0.15) is 61.4 Å². The molecule has 3 aromatic carbocycles. The molecule has 4 saturated heterocycles. The summed E-state index contributed by atoms with van der Waals surface area (Å²) in [5.41, 5.74) is 4.67. The summed E-state index contributed by atoms with van der Waals surface area (Å²) in [6.45, 7) is 11.0. The first-order valence-electron chi connectivity index (χ1n) is 25.0. The van der Waals surface area contributed by atoms with Crippen LogP contribution in [0.3, 0.4) is 0 Å². The van der Waals surface area contributed by atoms with Gasteiger partial charge in [-0.3, -0.25) is 34.2 Å². The molecule has 6 aromatic rings. The SMILES string of the molecule is Cc1nn(C2CCC(=O)NC2=O)c(=O)c2cc(N3CCC(CN4CCN(CC(=O)N5CCC(COc6cnc(-c7cccc(Cn8nc(-c9cccc(C#N)c9)ccc8=O)c7)nc6)CC5)CC4)CC3)ccc12. The number of nitrogens with zero attached hydrogens (tertiary/aromatic N) is 11. The van der Waals surface area contributed by atoms with Crippen LogP contribution in [0.15, 0.2) is 101 Å². The first-order valence-corrected chi connectivity index (χ1v) is 25.0. The number of aryl methyl sites for hydroxylation is 1. The number of aromatic nitrogens is 6. The number of piperazine rings is 1. The lowest BCUT2D eigenvalue weighted by molar-refractivity contribution is -0.136. The van der Waals surface area contributed by atoms with Crippen LogP contribution in [-0.4, -0.2) is 134 Å². The highest BCUT2D eigenvalue weighted by Gasteiger charge is 2.32. The van der Waals surface area contributed by atoms with Crippen molar-refractivity contribution in [2.75, 3.05) is 77.0 Å². The van der Waals surface area contributed by atoms with E-state index in [0.717, 1.165) is 99.3 Å². The highest BCUT2D eigenvalue weighted by molar-refractivity contribution is 5.99. The molecule has 0 spiro atoms. The Labute approximate surface area is 416 Å². The van der Waals surface area contributed by atoms with E-state index in [2.05, 4.69) is 52.3 Å². The molecular formula is C54H58N12O6. The fourth-order valence-corrected chi connectivity index (χ4v) is 10.4. The molecule has 4 aliphatic rings. The zero-order valence-corrected chi connectivity index (χ0v) is 40.5. The van der Waals surface area contributed by atoms with Crippen molar-refractivity contribution in [1.82, 2.24) is 49.5 Å². The molecule has 18 heteroatoms. The predicted octanol–water partition coefficient (Wildman–Crippen LogP) is 4.43. The number of rotatable bonds is 13. The molecule has 3 aromatic heterocycles. The minimum absolute atomic E-state index is 0.176. The fraction of sp³-hybridized carbons (Fsp3) is 0.407. The standard InChI is InChI=1S/C54H58N12O6/c1-36-45-9-8-43(28-46(45)54(71)66(59-36)48-11-12-49(67)58-53(48)70)63-18-14-37(15-19-63)32-61-22-24-62(25-23-61)34-51(69)64-20-16-38(17-21-64)35-72-44-30-56-52(57-31-44)42-7-3-5-40(27-42)33-65-50(68)13-10-47(60-65)41-6-2-4-39(26-41)29-55/h2-10,13,26-28,30-31,37-38,48H,11-12,14-25,32-35H2,1H3,(H,58,67,70). The first kappa shape index (κ1) is 48.0. The number of likely N-dealkylation sites (tertiary alicyclic amines) is 1. The van der Waals surface area contributed by atoms with Gasteiger partial charge in [-0.1, -0.05) is 36.4 Å². The lowest BCUT2D eigenvalue weighted by atomic mass is 9.95. The molecule has 72 heavy (non-hydrogen) atoms. The largest absolute Gasteiger partial charge is 0.490 e. The Kier molecular flexibility index (Phi) is 14.3. The van der Waals surface area contributed by atoms with Gasteiger partial charge in [-0.2, -0.15) is 15.5 Å². The van der Waals surface area contributed by atoms with Gasteiger partial charge in [0.05, 0.1) is 60.5 Å². The summed E-state index contributed by atoms with van der Waals surface area (Å²) < 4.78 is 8.79. The summed E-state index contributed by atoms with van der Waals surface area (Å²) in [4.78, 5) is 82.4. The van der Waals surface area contributed by atoms with E-state index in [1.165, 1.54) is 15.4 Å². The average molecular weight is 971 g/mol. The van der Waals surface area contributed by atoms with Crippen LogP contribution in [0.4, 0.5) is 5.69 Å². The number of carbonyl (C=O) groups excluding carboxylic acids is 3. The quantitative estimate of drug-likeness (QED) is 0.159. The lowest BCUT2D eigenvalue weighted by Gasteiger charge is -2.40. The van der Waals surface area contributed by atoms with E-state index < -0.39 is 11.9 Å². The zero-order chi connectivity index (χ0) is 49.7. The summed E-state index contributed by atoms with van der Waals surface area (Å²) in [6, 6.07) is 25.3. The number of fused-ring (bicyclic) bond motifs is 1. The number of benzene rings is 3. The van der Waals surface area contributed by atoms with Gasteiger partial charge in [-0.05, 0) is 92.8 Å². The van der Waals surface area contributed by atoms with Gasteiger partial charge in [0.15, 0.2) is 11.6 Å². The molecule has 0 bridgehead atoms. The first-order chi connectivity index (χ1) is 35.0. The van der Waals surface area contributed by atoms with Crippen molar-refractivity contribution in [2.24, 2.45) is 11.8 Å². The molecule has 3 amide bonds. The van der Waals surface area contributed by atoms with E-state index in [9.17, 15) is 29.2 Å². The maximum absolute atomic E-state index is 13.6. The van der Waals surface area contributed by atoms with Crippen LogP contribution in [0.2, 0.25) is 0 Å². The second-order valence-electron chi connectivity index (χ2n) is 19.5. The maximum atomic E-state index is 13.6. The highest BCUT2D eigenvalue weighted by atomic mass is 16.5.